The first-order chi connectivity index (χ1) is 6.18. The van der Waals surface area contributed by atoms with Crippen LogP contribution in [0.4, 0.5) is 0 Å². The maximum absolute atomic E-state index is 10.6. The number of hydrogen-bond donors (Lipinski definition) is 1. The van der Waals surface area contributed by atoms with Crippen LogP contribution >= 0.6 is 15.9 Å². The summed E-state index contributed by atoms with van der Waals surface area (Å²) in [5.41, 5.74) is 0.672. The second kappa shape index (κ2) is 2.85. The van der Waals surface area contributed by atoms with Crippen molar-refractivity contribution in [2.75, 3.05) is 0 Å². The van der Waals surface area contributed by atoms with E-state index in [1.54, 1.807) is 12.3 Å². The standard InChI is InChI=1S/C8H5BrN2O2/c9-4-1-5-6(8(12)13)3-11-7(5)10-2-4/h1-3H,(H,10,11)(H,12,13)/p-1. The highest BCUT2D eigenvalue weighted by Crippen LogP contribution is 2.19. The third-order valence-electron chi connectivity index (χ3n) is 1.72. The van der Waals surface area contributed by atoms with Gasteiger partial charge in [0.15, 0.2) is 0 Å². The van der Waals surface area contributed by atoms with Crippen LogP contribution in [0.3, 0.4) is 0 Å². The van der Waals surface area contributed by atoms with E-state index in [2.05, 4.69) is 25.9 Å². The highest BCUT2D eigenvalue weighted by molar-refractivity contribution is 9.10. The smallest absolute Gasteiger partial charge is 0.137 e. The number of carboxylic acid groups (broad SMARTS) is 1. The Labute approximate surface area is 81.7 Å². The molecule has 0 aromatic carbocycles. The lowest BCUT2D eigenvalue weighted by Crippen LogP contribution is -2.21. The van der Waals surface area contributed by atoms with E-state index in [4.69, 9.17) is 0 Å². The van der Waals surface area contributed by atoms with E-state index in [1.807, 2.05) is 0 Å². The van der Waals surface area contributed by atoms with Crippen LogP contribution in [-0.4, -0.2) is 15.9 Å². The zero-order valence-electron chi connectivity index (χ0n) is 6.37. The Morgan fingerprint density at radius 3 is 3.08 bits per heavy atom. The van der Waals surface area contributed by atoms with Crippen molar-refractivity contribution < 1.29 is 9.90 Å². The number of carbonyl (C=O) groups is 1. The maximum atomic E-state index is 10.6. The third kappa shape index (κ3) is 1.31. The van der Waals surface area contributed by atoms with Crippen LogP contribution in [0.2, 0.25) is 0 Å². The molecule has 13 heavy (non-hydrogen) atoms. The minimum absolute atomic E-state index is 0.129. The third-order valence-corrected chi connectivity index (χ3v) is 2.15. The first-order valence-corrected chi connectivity index (χ1v) is 4.32. The molecule has 5 heteroatoms. The Morgan fingerprint density at radius 1 is 1.62 bits per heavy atom. The monoisotopic (exact) mass is 239 g/mol. The Morgan fingerprint density at radius 2 is 2.38 bits per heavy atom. The average Bonchev–Trinajstić information content (AvgIpc) is 2.46. The predicted molar refractivity (Wildman–Crippen MR) is 48.1 cm³/mol. The van der Waals surface area contributed by atoms with Gasteiger partial charge >= 0.3 is 0 Å². The first kappa shape index (κ1) is 8.25. The van der Waals surface area contributed by atoms with Crippen LogP contribution < -0.4 is 5.11 Å². The van der Waals surface area contributed by atoms with E-state index < -0.39 is 5.97 Å². The molecule has 0 aliphatic rings. The molecule has 0 bridgehead atoms. The number of carbonyl (C=O) groups excluding carboxylic acids is 1. The van der Waals surface area contributed by atoms with Gasteiger partial charge < -0.3 is 14.9 Å². The number of halogens is 1. The summed E-state index contributed by atoms with van der Waals surface area (Å²) < 4.78 is 0.738. The van der Waals surface area contributed by atoms with Gasteiger partial charge in [-0.05, 0) is 22.0 Å². The van der Waals surface area contributed by atoms with E-state index in [9.17, 15) is 9.90 Å². The molecule has 66 valence electrons. The molecule has 2 rings (SSSR count). The number of aromatic nitrogens is 2. The summed E-state index contributed by atoms with van der Waals surface area (Å²) in [5.74, 6) is -1.20. The van der Waals surface area contributed by atoms with E-state index in [-0.39, 0.29) is 5.56 Å². The topological polar surface area (TPSA) is 68.8 Å². The molecule has 2 aromatic heterocycles. The fourth-order valence-corrected chi connectivity index (χ4v) is 1.48. The van der Waals surface area contributed by atoms with Crippen molar-refractivity contribution in [3.8, 4) is 0 Å². The number of carboxylic acids is 1. The van der Waals surface area contributed by atoms with Gasteiger partial charge in [-0.3, -0.25) is 0 Å². The molecule has 0 aliphatic heterocycles. The van der Waals surface area contributed by atoms with Gasteiger partial charge in [0, 0.05) is 27.8 Å². The van der Waals surface area contributed by atoms with Crippen LogP contribution in [0, 0.1) is 0 Å². The minimum atomic E-state index is -1.20. The van der Waals surface area contributed by atoms with Crippen LogP contribution in [0.5, 0.6) is 0 Å². The summed E-state index contributed by atoms with van der Waals surface area (Å²) in [6.45, 7) is 0. The van der Waals surface area contributed by atoms with Crippen molar-refractivity contribution in [2.45, 2.75) is 0 Å². The number of hydrogen-bond acceptors (Lipinski definition) is 3. The molecule has 0 saturated heterocycles. The second-order valence-electron chi connectivity index (χ2n) is 2.54. The zero-order valence-corrected chi connectivity index (χ0v) is 7.96. The lowest BCUT2D eigenvalue weighted by Gasteiger charge is -1.98. The molecule has 0 saturated carbocycles. The number of pyridine rings is 1. The van der Waals surface area contributed by atoms with Crippen molar-refractivity contribution in [3.63, 3.8) is 0 Å². The number of aromatic carboxylic acids is 1. The van der Waals surface area contributed by atoms with Gasteiger partial charge in [-0.1, -0.05) is 0 Å². The molecule has 2 heterocycles. The average molecular weight is 240 g/mol. The molecule has 4 nitrogen and oxygen atoms in total. The van der Waals surface area contributed by atoms with Gasteiger partial charge in [0.05, 0.1) is 5.97 Å². The van der Waals surface area contributed by atoms with Gasteiger partial charge in [0.25, 0.3) is 0 Å². The maximum Gasteiger partial charge on any atom is 0.137 e. The van der Waals surface area contributed by atoms with Crippen molar-refractivity contribution in [2.24, 2.45) is 0 Å². The summed E-state index contributed by atoms with van der Waals surface area (Å²) in [5, 5.41) is 11.2. The lowest BCUT2D eigenvalue weighted by atomic mass is 10.2. The van der Waals surface area contributed by atoms with Gasteiger partial charge in [0.2, 0.25) is 0 Å². The van der Waals surface area contributed by atoms with E-state index >= 15 is 0 Å². The van der Waals surface area contributed by atoms with Gasteiger partial charge in [0.1, 0.15) is 5.65 Å². The van der Waals surface area contributed by atoms with Crippen LogP contribution in [0.15, 0.2) is 22.9 Å². The molecule has 0 amide bonds. The van der Waals surface area contributed by atoms with Crippen molar-refractivity contribution in [1.82, 2.24) is 9.97 Å². The van der Waals surface area contributed by atoms with Crippen LogP contribution in [0.1, 0.15) is 10.4 Å². The largest absolute Gasteiger partial charge is 0.545 e. The highest BCUT2D eigenvalue weighted by atomic mass is 79.9. The van der Waals surface area contributed by atoms with E-state index in [0.29, 0.717) is 11.0 Å². The number of fused-ring (bicyclic) bond motifs is 1. The molecular formula is C8H4BrN2O2-. The Balaban J connectivity index is 2.79. The normalized spacial score (nSPS) is 10.5. The molecule has 0 atom stereocenters. The van der Waals surface area contributed by atoms with E-state index in [0.717, 1.165) is 4.47 Å². The molecule has 0 unspecified atom stereocenters. The number of H-pyrrole nitrogens is 1. The molecule has 0 spiro atoms. The Hall–Kier alpha value is -1.36. The van der Waals surface area contributed by atoms with Crippen molar-refractivity contribution in [1.29, 1.82) is 0 Å². The summed E-state index contributed by atoms with van der Waals surface area (Å²) >= 11 is 3.21. The van der Waals surface area contributed by atoms with Crippen LogP contribution in [-0.2, 0) is 0 Å². The Bertz CT molecular complexity index is 478. The first-order valence-electron chi connectivity index (χ1n) is 3.52. The zero-order chi connectivity index (χ0) is 9.42. The SMILES string of the molecule is O=C([O-])c1c[nH]c2ncc(Br)cc12. The summed E-state index contributed by atoms with van der Waals surface area (Å²) in [7, 11) is 0. The fraction of sp³-hybridized carbons (Fsp3) is 0. The molecular weight excluding hydrogens is 236 g/mol. The summed E-state index contributed by atoms with van der Waals surface area (Å²) in [4.78, 5) is 17.3. The minimum Gasteiger partial charge on any atom is -0.545 e. The quantitative estimate of drug-likeness (QED) is 0.797. The van der Waals surface area contributed by atoms with Crippen molar-refractivity contribution >= 4 is 32.9 Å². The molecule has 0 fully saturated rings. The number of aromatic amines is 1. The van der Waals surface area contributed by atoms with Crippen molar-refractivity contribution in [3.05, 3.63) is 28.5 Å². The molecule has 0 aliphatic carbocycles. The predicted octanol–water partition coefficient (Wildman–Crippen LogP) is 0.689. The Kier molecular flexibility index (Phi) is 1.81. The summed E-state index contributed by atoms with van der Waals surface area (Å²) in [6, 6.07) is 1.68. The number of nitrogens with one attached hydrogen (secondary N) is 1. The fourth-order valence-electron chi connectivity index (χ4n) is 1.15. The van der Waals surface area contributed by atoms with E-state index in [1.165, 1.54) is 6.20 Å². The molecule has 1 N–H and O–H groups in total. The van der Waals surface area contributed by atoms with Gasteiger partial charge in [-0.2, -0.15) is 0 Å². The van der Waals surface area contributed by atoms with Gasteiger partial charge in [-0.25, -0.2) is 4.98 Å². The lowest BCUT2D eigenvalue weighted by molar-refractivity contribution is -0.254. The highest BCUT2D eigenvalue weighted by Gasteiger charge is 2.04. The molecule has 0 radical (unpaired) electrons. The summed E-state index contributed by atoms with van der Waals surface area (Å²) in [6.07, 6.45) is 2.97. The number of rotatable bonds is 1. The van der Waals surface area contributed by atoms with Gasteiger partial charge in [-0.15, -0.1) is 0 Å². The van der Waals surface area contributed by atoms with Crippen LogP contribution in [0.25, 0.3) is 11.0 Å². The second-order valence-corrected chi connectivity index (χ2v) is 3.46. The molecule has 2 aromatic rings. The number of nitrogens with zero attached hydrogens (tertiary/aromatic N) is 1.